The smallest absolute Gasteiger partial charge is 0.317 e. The van der Waals surface area contributed by atoms with Crippen LogP contribution in [0.2, 0.25) is 0 Å². The lowest BCUT2D eigenvalue weighted by Gasteiger charge is -2.18. The molecule has 0 aromatic heterocycles. The monoisotopic (exact) mass is 214 g/mol. The van der Waals surface area contributed by atoms with Gasteiger partial charge in [-0.2, -0.15) is 0 Å². The maximum Gasteiger partial charge on any atom is 0.317 e. The third kappa shape index (κ3) is 3.04. The van der Waals surface area contributed by atoms with E-state index in [0.717, 1.165) is 32.6 Å². The summed E-state index contributed by atoms with van der Waals surface area (Å²) in [7, 11) is 0. The van der Waals surface area contributed by atoms with Crippen LogP contribution in [0.1, 0.15) is 32.6 Å². The van der Waals surface area contributed by atoms with Crippen LogP contribution in [0.4, 0.5) is 0 Å². The molecular weight excluding hydrogens is 200 g/mol. The second kappa shape index (κ2) is 4.91. The number of hydrogen-bond acceptors (Lipinski definition) is 4. The summed E-state index contributed by atoms with van der Waals surface area (Å²) in [5.41, 5.74) is 0. The van der Waals surface area contributed by atoms with Crippen molar-refractivity contribution < 1.29 is 24.2 Å². The topological polar surface area (TPSA) is 80.7 Å². The van der Waals surface area contributed by atoms with Gasteiger partial charge in [-0.05, 0) is 12.8 Å². The minimum absolute atomic E-state index is 0.101. The van der Waals surface area contributed by atoms with Crippen molar-refractivity contribution >= 4 is 17.9 Å². The number of carbonyl (C=O) groups excluding carboxylic acids is 2. The lowest BCUT2D eigenvalue weighted by Crippen LogP contribution is -2.21. The fourth-order valence-corrected chi connectivity index (χ4v) is 1.95. The molecule has 0 radical (unpaired) electrons. The van der Waals surface area contributed by atoms with E-state index in [-0.39, 0.29) is 23.8 Å². The number of fused-ring (bicyclic) bond motifs is 1. The SMILES string of the molecule is CC(=O)O.O=C1OC(=O)C2CCCCC12. The number of ether oxygens (including phenoxy) is 1. The minimum Gasteiger partial charge on any atom is -0.481 e. The van der Waals surface area contributed by atoms with Crippen LogP contribution in [0.15, 0.2) is 0 Å². The van der Waals surface area contributed by atoms with Gasteiger partial charge in [-0.3, -0.25) is 14.4 Å². The molecule has 2 rings (SSSR count). The molecule has 1 N–H and O–H groups in total. The molecule has 1 aliphatic heterocycles. The maximum absolute atomic E-state index is 11.0. The van der Waals surface area contributed by atoms with Gasteiger partial charge in [-0.25, -0.2) is 0 Å². The van der Waals surface area contributed by atoms with Crippen molar-refractivity contribution in [2.45, 2.75) is 32.6 Å². The zero-order chi connectivity index (χ0) is 11.4. The fourth-order valence-electron chi connectivity index (χ4n) is 1.95. The summed E-state index contributed by atoms with van der Waals surface area (Å²) in [6, 6.07) is 0. The Balaban J connectivity index is 0.000000245. The molecule has 1 saturated carbocycles. The molecule has 1 saturated heterocycles. The van der Waals surface area contributed by atoms with Crippen LogP contribution in [-0.2, 0) is 19.1 Å². The molecule has 1 aliphatic carbocycles. The highest BCUT2D eigenvalue weighted by molar-refractivity contribution is 5.96. The zero-order valence-electron chi connectivity index (χ0n) is 8.56. The number of carboxylic acid groups (broad SMARTS) is 1. The van der Waals surface area contributed by atoms with Gasteiger partial charge in [-0.1, -0.05) is 12.8 Å². The molecule has 0 spiro atoms. The number of carbonyl (C=O) groups is 3. The van der Waals surface area contributed by atoms with E-state index in [0.29, 0.717) is 0 Å². The van der Waals surface area contributed by atoms with E-state index in [1.54, 1.807) is 0 Å². The Kier molecular flexibility index (Phi) is 3.82. The van der Waals surface area contributed by atoms with E-state index in [9.17, 15) is 9.59 Å². The lowest BCUT2D eigenvalue weighted by molar-refractivity contribution is -0.153. The first-order valence-corrected chi connectivity index (χ1v) is 4.97. The molecule has 84 valence electrons. The third-order valence-electron chi connectivity index (χ3n) is 2.57. The van der Waals surface area contributed by atoms with Crippen LogP contribution in [-0.4, -0.2) is 23.0 Å². The predicted molar refractivity (Wildman–Crippen MR) is 49.9 cm³/mol. The van der Waals surface area contributed by atoms with E-state index in [1.807, 2.05) is 0 Å². The van der Waals surface area contributed by atoms with Gasteiger partial charge < -0.3 is 9.84 Å². The molecule has 2 atom stereocenters. The molecule has 0 amide bonds. The number of aliphatic carboxylic acids is 1. The van der Waals surface area contributed by atoms with Gasteiger partial charge in [0.15, 0.2) is 0 Å². The quantitative estimate of drug-likeness (QED) is 0.480. The average molecular weight is 214 g/mol. The summed E-state index contributed by atoms with van der Waals surface area (Å²) in [4.78, 5) is 31.0. The van der Waals surface area contributed by atoms with Crippen molar-refractivity contribution in [3.63, 3.8) is 0 Å². The van der Waals surface area contributed by atoms with Crippen LogP contribution in [0.25, 0.3) is 0 Å². The number of cyclic esters (lactones) is 2. The van der Waals surface area contributed by atoms with Crippen molar-refractivity contribution in [3.8, 4) is 0 Å². The maximum atomic E-state index is 11.0. The first-order valence-electron chi connectivity index (χ1n) is 4.97. The summed E-state index contributed by atoms with van der Waals surface area (Å²) >= 11 is 0. The van der Waals surface area contributed by atoms with Crippen LogP contribution < -0.4 is 0 Å². The predicted octanol–water partition coefficient (Wildman–Crippen LogP) is 0.967. The first kappa shape index (κ1) is 11.7. The highest BCUT2D eigenvalue weighted by Crippen LogP contribution is 2.36. The standard InChI is InChI=1S/C8H10O3.C2H4O2/c9-7-5-3-1-2-4-6(5)8(10)11-7;1-2(3)4/h5-6H,1-4H2;1H3,(H,3,4). The molecule has 1 heterocycles. The number of rotatable bonds is 0. The van der Waals surface area contributed by atoms with Gasteiger partial charge in [0.1, 0.15) is 0 Å². The molecule has 0 bridgehead atoms. The van der Waals surface area contributed by atoms with E-state index < -0.39 is 5.97 Å². The Labute approximate surface area is 87.4 Å². The van der Waals surface area contributed by atoms with Crippen LogP contribution >= 0.6 is 0 Å². The van der Waals surface area contributed by atoms with Gasteiger partial charge >= 0.3 is 11.9 Å². The van der Waals surface area contributed by atoms with E-state index >= 15 is 0 Å². The van der Waals surface area contributed by atoms with Gasteiger partial charge in [-0.15, -0.1) is 0 Å². The Morgan fingerprint density at radius 1 is 1.20 bits per heavy atom. The fraction of sp³-hybridized carbons (Fsp3) is 0.700. The first-order chi connectivity index (χ1) is 7.02. The Bertz CT molecular complexity index is 258. The van der Waals surface area contributed by atoms with Crippen molar-refractivity contribution in [2.24, 2.45) is 11.8 Å². The van der Waals surface area contributed by atoms with Gasteiger partial charge in [0.05, 0.1) is 11.8 Å². The summed E-state index contributed by atoms with van der Waals surface area (Å²) < 4.78 is 4.53. The summed E-state index contributed by atoms with van der Waals surface area (Å²) in [5.74, 6) is -1.62. The highest BCUT2D eigenvalue weighted by atomic mass is 16.6. The van der Waals surface area contributed by atoms with Gasteiger partial charge in [0.2, 0.25) is 0 Å². The van der Waals surface area contributed by atoms with Crippen molar-refractivity contribution in [1.82, 2.24) is 0 Å². The molecule has 15 heavy (non-hydrogen) atoms. The van der Waals surface area contributed by atoms with E-state index in [1.165, 1.54) is 0 Å². The molecule has 2 aliphatic rings. The molecule has 0 aromatic carbocycles. The number of carboxylic acids is 1. The van der Waals surface area contributed by atoms with Crippen molar-refractivity contribution in [1.29, 1.82) is 0 Å². The largest absolute Gasteiger partial charge is 0.481 e. The summed E-state index contributed by atoms with van der Waals surface area (Å²) in [5, 5.41) is 7.42. The van der Waals surface area contributed by atoms with Crippen molar-refractivity contribution in [3.05, 3.63) is 0 Å². The number of hydrogen-bond donors (Lipinski definition) is 1. The Morgan fingerprint density at radius 3 is 1.87 bits per heavy atom. The molecular formula is C10H14O5. The zero-order valence-corrected chi connectivity index (χ0v) is 8.56. The molecule has 0 aromatic rings. The minimum atomic E-state index is -0.833. The summed E-state index contributed by atoms with van der Waals surface area (Å²) in [6.07, 6.45) is 3.80. The molecule has 2 unspecified atom stereocenters. The normalized spacial score (nSPS) is 28.6. The lowest BCUT2D eigenvalue weighted by atomic mass is 9.81. The van der Waals surface area contributed by atoms with Crippen LogP contribution in [0, 0.1) is 11.8 Å². The second-order valence-corrected chi connectivity index (χ2v) is 3.76. The average Bonchev–Trinajstić information content (AvgIpc) is 2.43. The molecule has 5 nitrogen and oxygen atoms in total. The molecule has 2 fully saturated rings. The van der Waals surface area contributed by atoms with E-state index in [4.69, 9.17) is 9.90 Å². The van der Waals surface area contributed by atoms with Gasteiger partial charge in [0, 0.05) is 6.92 Å². The summed E-state index contributed by atoms with van der Waals surface area (Å²) in [6.45, 7) is 1.08. The van der Waals surface area contributed by atoms with Gasteiger partial charge in [0.25, 0.3) is 5.97 Å². The Hall–Kier alpha value is -1.39. The van der Waals surface area contributed by atoms with Crippen molar-refractivity contribution in [2.75, 3.05) is 0 Å². The van der Waals surface area contributed by atoms with Crippen LogP contribution in [0.5, 0.6) is 0 Å². The number of esters is 2. The third-order valence-corrected chi connectivity index (χ3v) is 2.57. The van der Waals surface area contributed by atoms with Crippen LogP contribution in [0.3, 0.4) is 0 Å². The highest BCUT2D eigenvalue weighted by Gasteiger charge is 2.44. The van der Waals surface area contributed by atoms with E-state index in [2.05, 4.69) is 4.74 Å². The Morgan fingerprint density at radius 2 is 1.53 bits per heavy atom. The molecule has 5 heteroatoms. The second-order valence-electron chi connectivity index (χ2n) is 3.76.